The molecule has 3 nitrogen and oxygen atoms in total. The fourth-order valence-corrected chi connectivity index (χ4v) is 1.49. The fourth-order valence-electron chi connectivity index (χ4n) is 1.49. The Kier molecular flexibility index (Phi) is 2.82. The molecular weight excluding hydrogens is 228 g/mol. The van der Waals surface area contributed by atoms with Crippen molar-refractivity contribution in [1.82, 2.24) is 4.98 Å². The van der Waals surface area contributed by atoms with E-state index in [-0.39, 0.29) is 16.8 Å². The number of hydrogen-bond acceptors (Lipinski definition) is 2. The highest BCUT2D eigenvalue weighted by Crippen LogP contribution is 2.25. The van der Waals surface area contributed by atoms with Crippen molar-refractivity contribution >= 4 is 5.97 Å². The van der Waals surface area contributed by atoms with Gasteiger partial charge >= 0.3 is 5.97 Å². The molecule has 86 valence electrons. The maximum atomic E-state index is 13.5. The standard InChI is InChI=1S/C12H7F2NO2/c13-7-5-9(11(12(16)17)15-6-7)8-3-1-2-4-10(8)14/h1-6H,(H,16,17). The van der Waals surface area contributed by atoms with Crippen LogP contribution >= 0.6 is 0 Å². The molecule has 1 aromatic heterocycles. The molecule has 0 aliphatic carbocycles. The summed E-state index contributed by atoms with van der Waals surface area (Å²) in [6.07, 6.45) is 0.786. The van der Waals surface area contributed by atoms with Crippen LogP contribution in [0.3, 0.4) is 0 Å². The number of benzene rings is 1. The minimum Gasteiger partial charge on any atom is -0.476 e. The van der Waals surface area contributed by atoms with Crippen molar-refractivity contribution in [3.63, 3.8) is 0 Å². The molecule has 0 aliphatic rings. The van der Waals surface area contributed by atoms with Crippen LogP contribution in [-0.4, -0.2) is 16.1 Å². The van der Waals surface area contributed by atoms with Crippen molar-refractivity contribution in [3.8, 4) is 11.1 Å². The first kappa shape index (κ1) is 11.2. The van der Waals surface area contributed by atoms with Gasteiger partial charge in [0.15, 0.2) is 5.69 Å². The zero-order valence-corrected chi connectivity index (χ0v) is 8.52. The third-order valence-corrected chi connectivity index (χ3v) is 2.22. The molecule has 0 spiro atoms. The molecule has 1 heterocycles. The molecule has 0 fully saturated rings. The molecule has 1 aromatic carbocycles. The van der Waals surface area contributed by atoms with Gasteiger partial charge in [-0.25, -0.2) is 18.6 Å². The van der Waals surface area contributed by atoms with E-state index in [1.165, 1.54) is 24.3 Å². The summed E-state index contributed by atoms with van der Waals surface area (Å²) >= 11 is 0. The summed E-state index contributed by atoms with van der Waals surface area (Å²) < 4.78 is 26.6. The molecule has 5 heteroatoms. The van der Waals surface area contributed by atoms with Crippen LogP contribution in [0.2, 0.25) is 0 Å². The Labute approximate surface area is 95.4 Å². The van der Waals surface area contributed by atoms with E-state index in [1.54, 1.807) is 0 Å². The summed E-state index contributed by atoms with van der Waals surface area (Å²) in [4.78, 5) is 14.4. The fraction of sp³-hybridized carbons (Fsp3) is 0. The smallest absolute Gasteiger partial charge is 0.355 e. The normalized spacial score (nSPS) is 10.2. The molecular formula is C12H7F2NO2. The number of pyridine rings is 1. The maximum Gasteiger partial charge on any atom is 0.355 e. The van der Waals surface area contributed by atoms with Gasteiger partial charge in [0.05, 0.1) is 6.20 Å². The number of nitrogens with zero attached hydrogens (tertiary/aromatic N) is 1. The summed E-state index contributed by atoms with van der Waals surface area (Å²) in [5.41, 5.74) is -0.441. The van der Waals surface area contributed by atoms with Gasteiger partial charge < -0.3 is 5.11 Å². The van der Waals surface area contributed by atoms with Gasteiger partial charge in [0, 0.05) is 11.1 Å². The highest BCUT2D eigenvalue weighted by atomic mass is 19.1. The highest BCUT2D eigenvalue weighted by Gasteiger charge is 2.16. The van der Waals surface area contributed by atoms with Crippen LogP contribution < -0.4 is 0 Å². The van der Waals surface area contributed by atoms with Crippen molar-refractivity contribution < 1.29 is 18.7 Å². The Hall–Kier alpha value is -2.30. The second-order valence-corrected chi connectivity index (χ2v) is 3.33. The van der Waals surface area contributed by atoms with Gasteiger partial charge in [-0.15, -0.1) is 0 Å². The quantitative estimate of drug-likeness (QED) is 0.870. The van der Waals surface area contributed by atoms with E-state index in [9.17, 15) is 13.6 Å². The highest BCUT2D eigenvalue weighted by molar-refractivity contribution is 5.93. The third kappa shape index (κ3) is 2.13. The second-order valence-electron chi connectivity index (χ2n) is 3.33. The number of aromatic carboxylic acids is 1. The van der Waals surface area contributed by atoms with Gasteiger partial charge in [0.2, 0.25) is 0 Å². The first-order valence-corrected chi connectivity index (χ1v) is 4.73. The van der Waals surface area contributed by atoms with Crippen molar-refractivity contribution in [1.29, 1.82) is 0 Å². The van der Waals surface area contributed by atoms with E-state index in [1.807, 2.05) is 0 Å². The average molecular weight is 235 g/mol. The molecule has 2 aromatic rings. The Morgan fingerprint density at radius 1 is 1.18 bits per heavy atom. The molecule has 0 saturated heterocycles. The lowest BCUT2D eigenvalue weighted by atomic mass is 10.0. The van der Waals surface area contributed by atoms with Crippen molar-refractivity contribution in [2.75, 3.05) is 0 Å². The number of hydrogen-bond donors (Lipinski definition) is 1. The summed E-state index contributed by atoms with van der Waals surface area (Å²) in [5, 5.41) is 8.90. The van der Waals surface area contributed by atoms with Crippen molar-refractivity contribution in [3.05, 3.63) is 53.9 Å². The number of carboxylic acids is 1. The number of carbonyl (C=O) groups is 1. The lowest BCUT2D eigenvalue weighted by Crippen LogP contribution is -2.04. The minimum atomic E-state index is -1.33. The molecule has 0 saturated carbocycles. The van der Waals surface area contributed by atoms with E-state index in [0.717, 1.165) is 12.3 Å². The van der Waals surface area contributed by atoms with Gasteiger partial charge in [0.25, 0.3) is 0 Å². The molecule has 0 aliphatic heterocycles. The maximum absolute atomic E-state index is 13.5. The van der Waals surface area contributed by atoms with E-state index < -0.39 is 17.6 Å². The van der Waals surface area contributed by atoms with Crippen LogP contribution in [0.1, 0.15) is 10.5 Å². The number of rotatable bonds is 2. The monoisotopic (exact) mass is 235 g/mol. The topological polar surface area (TPSA) is 50.2 Å². The zero-order chi connectivity index (χ0) is 12.4. The molecule has 17 heavy (non-hydrogen) atoms. The van der Waals surface area contributed by atoms with Gasteiger partial charge in [-0.1, -0.05) is 18.2 Å². The average Bonchev–Trinajstić information content (AvgIpc) is 2.29. The molecule has 0 radical (unpaired) electrons. The van der Waals surface area contributed by atoms with Gasteiger partial charge in [-0.2, -0.15) is 0 Å². The molecule has 1 N–H and O–H groups in total. The Balaban J connectivity index is 2.70. The number of carboxylic acid groups (broad SMARTS) is 1. The van der Waals surface area contributed by atoms with E-state index in [2.05, 4.69) is 4.98 Å². The first-order chi connectivity index (χ1) is 8.09. The van der Waals surface area contributed by atoms with Crippen LogP contribution in [-0.2, 0) is 0 Å². The first-order valence-electron chi connectivity index (χ1n) is 4.73. The van der Waals surface area contributed by atoms with E-state index >= 15 is 0 Å². The van der Waals surface area contributed by atoms with Crippen LogP contribution in [0, 0.1) is 11.6 Å². The Morgan fingerprint density at radius 2 is 1.88 bits per heavy atom. The summed E-state index contributed by atoms with van der Waals surface area (Å²) in [6.45, 7) is 0. The van der Waals surface area contributed by atoms with Gasteiger partial charge in [-0.05, 0) is 12.1 Å². The molecule has 0 atom stereocenters. The summed E-state index contributed by atoms with van der Waals surface area (Å²) in [5.74, 6) is -2.67. The van der Waals surface area contributed by atoms with Crippen LogP contribution in [0.25, 0.3) is 11.1 Å². The number of aromatic nitrogens is 1. The largest absolute Gasteiger partial charge is 0.476 e. The Bertz CT molecular complexity index is 584. The van der Waals surface area contributed by atoms with E-state index in [4.69, 9.17) is 5.11 Å². The summed E-state index contributed by atoms with van der Waals surface area (Å²) in [7, 11) is 0. The molecule has 0 bridgehead atoms. The molecule has 2 rings (SSSR count). The SMILES string of the molecule is O=C(O)c1ncc(F)cc1-c1ccccc1F. The van der Waals surface area contributed by atoms with E-state index in [0.29, 0.717) is 0 Å². The predicted octanol–water partition coefficient (Wildman–Crippen LogP) is 2.73. The van der Waals surface area contributed by atoms with Crippen molar-refractivity contribution in [2.45, 2.75) is 0 Å². The summed E-state index contributed by atoms with van der Waals surface area (Å²) in [6, 6.07) is 6.50. The Morgan fingerprint density at radius 3 is 2.53 bits per heavy atom. The van der Waals surface area contributed by atoms with Gasteiger partial charge in [-0.3, -0.25) is 0 Å². The van der Waals surface area contributed by atoms with Crippen LogP contribution in [0.5, 0.6) is 0 Å². The molecule has 0 unspecified atom stereocenters. The number of halogens is 2. The predicted molar refractivity (Wildman–Crippen MR) is 56.5 cm³/mol. The van der Waals surface area contributed by atoms with Gasteiger partial charge in [0.1, 0.15) is 11.6 Å². The lowest BCUT2D eigenvalue weighted by Gasteiger charge is -2.06. The lowest BCUT2D eigenvalue weighted by molar-refractivity contribution is 0.0691. The van der Waals surface area contributed by atoms with Crippen LogP contribution in [0.15, 0.2) is 36.5 Å². The zero-order valence-electron chi connectivity index (χ0n) is 8.52. The third-order valence-electron chi connectivity index (χ3n) is 2.22. The molecule has 0 amide bonds. The van der Waals surface area contributed by atoms with Crippen LogP contribution in [0.4, 0.5) is 8.78 Å². The minimum absolute atomic E-state index is 0.0110. The van der Waals surface area contributed by atoms with Crippen molar-refractivity contribution in [2.24, 2.45) is 0 Å². The second kappa shape index (κ2) is 4.29.